The van der Waals surface area contributed by atoms with Gasteiger partial charge in [0.15, 0.2) is 11.5 Å². The highest BCUT2D eigenvalue weighted by Crippen LogP contribution is 2.41. The quantitative estimate of drug-likeness (QED) is 0.867. The average molecular weight is 327 g/mol. The van der Waals surface area contributed by atoms with Crippen molar-refractivity contribution in [3.8, 4) is 0 Å². The monoisotopic (exact) mass is 327 g/mol. The molecular weight excluding hydrogens is 306 g/mol. The first-order chi connectivity index (χ1) is 10.3. The highest BCUT2D eigenvalue weighted by atomic mass is 32.2. The first kappa shape index (κ1) is 16.8. The third-order valence-electron chi connectivity index (χ3n) is 3.67. The summed E-state index contributed by atoms with van der Waals surface area (Å²) in [5.74, 6) is 0.0479. The second kappa shape index (κ2) is 6.28. The van der Waals surface area contributed by atoms with Crippen molar-refractivity contribution < 1.29 is 22.1 Å². The van der Waals surface area contributed by atoms with E-state index in [9.17, 15) is 8.42 Å². The molecule has 2 N–H and O–H groups in total. The first-order valence-electron chi connectivity index (χ1n) is 7.14. The summed E-state index contributed by atoms with van der Waals surface area (Å²) in [6.45, 7) is 5.55. The van der Waals surface area contributed by atoms with Crippen molar-refractivity contribution in [2.45, 2.75) is 39.4 Å². The molecule has 1 aromatic carbocycles. The smallest absolute Gasteiger partial charge is 0.333 e. The van der Waals surface area contributed by atoms with Crippen LogP contribution >= 0.6 is 0 Å². The summed E-state index contributed by atoms with van der Waals surface area (Å²) in [6.07, 6.45) is 1.25. The van der Waals surface area contributed by atoms with E-state index in [2.05, 4.69) is 4.18 Å². The van der Waals surface area contributed by atoms with Crippen LogP contribution in [0.4, 0.5) is 0 Å². The lowest BCUT2D eigenvalue weighted by Gasteiger charge is -2.26. The lowest BCUT2D eigenvalue weighted by molar-refractivity contribution is -0.148. The summed E-state index contributed by atoms with van der Waals surface area (Å²) in [4.78, 5) is 0. The van der Waals surface area contributed by atoms with Gasteiger partial charge < -0.3 is 9.47 Å². The Bertz CT molecular complexity index is 677. The molecule has 1 aromatic rings. The van der Waals surface area contributed by atoms with Gasteiger partial charge in [0.05, 0.1) is 0 Å². The Labute approximate surface area is 131 Å². The molecule has 0 saturated heterocycles. The number of rotatable bonds is 6. The molecule has 0 aromatic heterocycles. The van der Waals surface area contributed by atoms with E-state index in [1.807, 2.05) is 45.0 Å². The van der Waals surface area contributed by atoms with Crippen LogP contribution in [0.3, 0.4) is 0 Å². The van der Waals surface area contributed by atoms with E-state index in [4.69, 9.17) is 14.6 Å². The maximum Gasteiger partial charge on any atom is 0.333 e. The zero-order chi connectivity index (χ0) is 16.4. The topological polar surface area (TPSA) is 87.9 Å². The van der Waals surface area contributed by atoms with Crippen LogP contribution in [0, 0.1) is 6.92 Å². The van der Waals surface area contributed by atoms with E-state index >= 15 is 0 Å². The molecule has 0 bridgehead atoms. The molecule has 0 fully saturated rings. The van der Waals surface area contributed by atoms with Crippen molar-refractivity contribution in [1.29, 1.82) is 0 Å². The molecule has 1 aliphatic heterocycles. The largest absolute Gasteiger partial charge is 0.450 e. The Morgan fingerprint density at radius 1 is 1.18 bits per heavy atom. The SMILES string of the molecule is CCC1(CC)OC(COS(N)(=O)=O)=C(c2ccccc2C)O1. The van der Waals surface area contributed by atoms with Gasteiger partial charge in [-0.3, -0.25) is 0 Å². The molecule has 0 spiro atoms. The predicted octanol–water partition coefficient (Wildman–Crippen LogP) is 2.45. The molecule has 1 heterocycles. The van der Waals surface area contributed by atoms with Crippen molar-refractivity contribution in [2.24, 2.45) is 5.14 Å². The number of nitrogens with two attached hydrogens (primary N) is 1. The predicted molar refractivity (Wildman–Crippen MR) is 82.6 cm³/mol. The van der Waals surface area contributed by atoms with Gasteiger partial charge in [0.1, 0.15) is 6.61 Å². The molecule has 0 aliphatic carbocycles. The third kappa shape index (κ3) is 3.60. The maximum atomic E-state index is 11.0. The highest BCUT2D eigenvalue weighted by molar-refractivity contribution is 7.84. The van der Waals surface area contributed by atoms with Crippen LogP contribution in [-0.4, -0.2) is 20.8 Å². The lowest BCUT2D eigenvalue weighted by Crippen LogP contribution is -2.29. The van der Waals surface area contributed by atoms with E-state index in [-0.39, 0.29) is 6.61 Å². The molecule has 0 atom stereocenters. The van der Waals surface area contributed by atoms with Gasteiger partial charge in [-0.25, -0.2) is 9.32 Å². The standard InChI is InChI=1S/C15H21NO5S/c1-4-15(5-2)20-13(10-19-22(16,17)18)14(21-15)12-9-7-6-8-11(12)3/h6-9H,4-5,10H2,1-3H3,(H2,16,17,18). The van der Waals surface area contributed by atoms with Crippen molar-refractivity contribution in [2.75, 3.05) is 6.61 Å². The summed E-state index contributed by atoms with van der Waals surface area (Å²) >= 11 is 0. The van der Waals surface area contributed by atoms with Crippen LogP contribution in [0.2, 0.25) is 0 Å². The van der Waals surface area contributed by atoms with E-state index in [0.717, 1.165) is 11.1 Å². The molecule has 7 heteroatoms. The molecule has 2 rings (SSSR count). The molecule has 0 saturated carbocycles. The zero-order valence-electron chi connectivity index (χ0n) is 13.0. The highest BCUT2D eigenvalue weighted by Gasteiger charge is 2.41. The number of benzene rings is 1. The van der Waals surface area contributed by atoms with Gasteiger partial charge in [-0.1, -0.05) is 38.1 Å². The van der Waals surface area contributed by atoms with Gasteiger partial charge >= 0.3 is 10.3 Å². The van der Waals surface area contributed by atoms with E-state index in [0.29, 0.717) is 24.4 Å². The number of hydrogen-bond acceptors (Lipinski definition) is 5. The summed E-state index contributed by atoms with van der Waals surface area (Å²) in [7, 11) is -4.05. The summed E-state index contributed by atoms with van der Waals surface area (Å²) in [5.41, 5.74) is 1.84. The summed E-state index contributed by atoms with van der Waals surface area (Å²) in [5, 5.41) is 4.89. The van der Waals surface area contributed by atoms with Crippen LogP contribution in [-0.2, 0) is 24.0 Å². The molecule has 0 unspecified atom stereocenters. The lowest BCUT2D eigenvalue weighted by atomic mass is 10.1. The average Bonchev–Trinajstić information content (AvgIpc) is 2.85. The Kier molecular flexibility index (Phi) is 4.79. The Hall–Kier alpha value is -1.57. The number of hydrogen-bond donors (Lipinski definition) is 1. The summed E-state index contributed by atoms with van der Waals surface area (Å²) < 4.78 is 38.7. The molecular formula is C15H21NO5S. The van der Waals surface area contributed by atoms with Crippen molar-refractivity contribution in [3.05, 3.63) is 41.2 Å². The normalized spacial score (nSPS) is 17.3. The molecule has 0 radical (unpaired) electrons. The minimum Gasteiger partial charge on any atom is -0.450 e. The third-order valence-corrected chi connectivity index (χ3v) is 4.12. The second-order valence-electron chi connectivity index (χ2n) is 5.14. The summed E-state index contributed by atoms with van der Waals surface area (Å²) in [6, 6.07) is 7.64. The minimum atomic E-state index is -4.05. The van der Waals surface area contributed by atoms with Crippen LogP contribution in [0.25, 0.3) is 5.76 Å². The van der Waals surface area contributed by atoms with Crippen LogP contribution in [0.15, 0.2) is 30.0 Å². The zero-order valence-corrected chi connectivity index (χ0v) is 13.8. The van der Waals surface area contributed by atoms with Gasteiger partial charge in [0.25, 0.3) is 5.79 Å². The number of aryl methyl sites for hydroxylation is 1. The Morgan fingerprint density at radius 3 is 2.36 bits per heavy atom. The van der Waals surface area contributed by atoms with Crippen molar-refractivity contribution in [1.82, 2.24) is 0 Å². The molecule has 22 heavy (non-hydrogen) atoms. The number of ether oxygens (including phenoxy) is 2. The van der Waals surface area contributed by atoms with Gasteiger partial charge in [0.2, 0.25) is 0 Å². The van der Waals surface area contributed by atoms with E-state index in [1.165, 1.54) is 0 Å². The van der Waals surface area contributed by atoms with Gasteiger partial charge in [-0.15, -0.1) is 0 Å². The van der Waals surface area contributed by atoms with Gasteiger partial charge in [0, 0.05) is 18.4 Å². The van der Waals surface area contributed by atoms with E-state index < -0.39 is 16.1 Å². The molecule has 1 aliphatic rings. The Morgan fingerprint density at radius 2 is 1.82 bits per heavy atom. The van der Waals surface area contributed by atoms with Gasteiger partial charge in [-0.05, 0) is 12.5 Å². The fourth-order valence-corrected chi connectivity index (χ4v) is 2.61. The van der Waals surface area contributed by atoms with Crippen LogP contribution < -0.4 is 5.14 Å². The molecule has 0 amide bonds. The fourth-order valence-electron chi connectivity index (χ4n) is 2.34. The first-order valence-corrected chi connectivity index (χ1v) is 8.61. The van der Waals surface area contributed by atoms with Crippen molar-refractivity contribution >= 4 is 16.1 Å². The molecule has 6 nitrogen and oxygen atoms in total. The maximum absolute atomic E-state index is 11.0. The van der Waals surface area contributed by atoms with Crippen molar-refractivity contribution in [3.63, 3.8) is 0 Å². The van der Waals surface area contributed by atoms with Crippen LogP contribution in [0.5, 0.6) is 0 Å². The second-order valence-corrected chi connectivity index (χ2v) is 6.37. The fraction of sp³-hybridized carbons (Fsp3) is 0.467. The Balaban J connectivity index is 2.39. The van der Waals surface area contributed by atoms with Crippen LogP contribution in [0.1, 0.15) is 37.8 Å². The molecule has 122 valence electrons. The van der Waals surface area contributed by atoms with Gasteiger partial charge in [-0.2, -0.15) is 8.42 Å². The minimum absolute atomic E-state index is 0.287. The van der Waals surface area contributed by atoms with E-state index in [1.54, 1.807) is 0 Å².